The zero-order valence-electron chi connectivity index (χ0n) is 19.5. The fraction of sp³-hybridized carbons (Fsp3) is 0. The largest absolute Gasteiger partial charge is 0.244 e. The molecule has 0 fully saturated rings. The summed E-state index contributed by atoms with van der Waals surface area (Å²) in [5.74, 6) is 0. The van der Waals surface area contributed by atoms with Crippen LogP contribution in [0, 0.1) is 0 Å². The second-order valence-electron chi connectivity index (χ2n) is 8.89. The molecule has 0 aliphatic carbocycles. The fourth-order valence-electron chi connectivity index (χ4n) is 5.35. The number of hydrogen-bond acceptors (Lipinski definition) is 0. The van der Waals surface area contributed by atoms with E-state index >= 15 is 0 Å². The molecule has 0 saturated carbocycles. The van der Waals surface area contributed by atoms with Crippen LogP contribution in [0.2, 0.25) is 0 Å². The van der Waals surface area contributed by atoms with Crippen molar-refractivity contribution in [2.75, 3.05) is 0 Å². The maximum atomic E-state index is 2.27. The van der Waals surface area contributed by atoms with Gasteiger partial charge < -0.3 is 0 Å². The molecular weight excluding hydrogens is 419 g/mol. The standard InChI is InChI=1S/C34H25B/c1-6-16-26(17-7-1)31-32(27-18-8-2-9-19-27)34(29-22-12-4-13-23-29)35(30-24-14-5-15-25-30)33(31)28-20-10-3-11-21-28/h1-25H. The predicted octanol–water partition coefficient (Wildman–Crippen LogP) is 7.70. The minimum Gasteiger partial charge on any atom is -0.0685 e. The molecule has 0 bridgehead atoms. The Hall–Kier alpha value is -4.36. The first-order chi connectivity index (χ1) is 17.4. The van der Waals surface area contributed by atoms with E-state index in [4.69, 9.17) is 0 Å². The van der Waals surface area contributed by atoms with Crippen LogP contribution < -0.4 is 5.46 Å². The molecule has 1 heterocycles. The van der Waals surface area contributed by atoms with E-state index in [2.05, 4.69) is 152 Å². The van der Waals surface area contributed by atoms with Crippen molar-refractivity contribution >= 4 is 34.3 Å². The zero-order valence-corrected chi connectivity index (χ0v) is 19.5. The summed E-state index contributed by atoms with van der Waals surface area (Å²) in [6, 6.07) is 54.5. The Kier molecular flexibility index (Phi) is 5.74. The molecule has 6 rings (SSSR count). The summed E-state index contributed by atoms with van der Waals surface area (Å²) in [7, 11) is 0. The van der Waals surface area contributed by atoms with E-state index in [0.29, 0.717) is 0 Å². The van der Waals surface area contributed by atoms with Crippen molar-refractivity contribution in [2.45, 2.75) is 0 Å². The zero-order chi connectivity index (χ0) is 23.5. The summed E-state index contributed by atoms with van der Waals surface area (Å²) in [6.45, 7) is 0.117. The van der Waals surface area contributed by atoms with Crippen molar-refractivity contribution in [3.05, 3.63) is 174 Å². The molecule has 0 nitrogen and oxygen atoms in total. The van der Waals surface area contributed by atoms with Crippen LogP contribution in [0.15, 0.2) is 152 Å². The SMILES string of the molecule is c1ccc(B2C(c3ccccc3)=C(c3ccccc3)C(c3ccccc3)=C2c2ccccc2)cc1. The predicted molar refractivity (Wildman–Crippen MR) is 151 cm³/mol. The molecule has 1 aliphatic heterocycles. The highest BCUT2D eigenvalue weighted by molar-refractivity contribution is 7.08. The van der Waals surface area contributed by atoms with E-state index < -0.39 is 0 Å². The van der Waals surface area contributed by atoms with Crippen LogP contribution in [-0.4, -0.2) is 6.71 Å². The lowest BCUT2D eigenvalue weighted by molar-refractivity contribution is 1.58. The maximum Gasteiger partial charge on any atom is 0.244 e. The lowest BCUT2D eigenvalue weighted by atomic mass is 9.35. The van der Waals surface area contributed by atoms with Gasteiger partial charge in [0.15, 0.2) is 0 Å². The van der Waals surface area contributed by atoms with Gasteiger partial charge in [0.25, 0.3) is 0 Å². The Morgan fingerprint density at radius 3 is 0.914 bits per heavy atom. The van der Waals surface area contributed by atoms with E-state index in [1.54, 1.807) is 0 Å². The van der Waals surface area contributed by atoms with Gasteiger partial charge in [0.05, 0.1) is 0 Å². The first kappa shape index (κ1) is 21.2. The first-order valence-electron chi connectivity index (χ1n) is 12.2. The summed E-state index contributed by atoms with van der Waals surface area (Å²) in [4.78, 5) is 0. The highest BCUT2D eigenvalue weighted by Crippen LogP contribution is 2.50. The molecule has 5 aromatic rings. The molecule has 0 radical (unpaired) electrons. The highest BCUT2D eigenvalue weighted by Gasteiger charge is 2.39. The molecular formula is C34H25B. The van der Waals surface area contributed by atoms with Crippen molar-refractivity contribution < 1.29 is 0 Å². The third-order valence-electron chi connectivity index (χ3n) is 6.79. The van der Waals surface area contributed by atoms with Gasteiger partial charge >= 0.3 is 0 Å². The van der Waals surface area contributed by atoms with Crippen molar-refractivity contribution in [2.24, 2.45) is 0 Å². The third-order valence-corrected chi connectivity index (χ3v) is 6.79. The first-order valence-corrected chi connectivity index (χ1v) is 12.2. The number of benzene rings is 5. The fourth-order valence-corrected chi connectivity index (χ4v) is 5.35. The van der Waals surface area contributed by atoms with Crippen LogP contribution in [0.5, 0.6) is 0 Å². The highest BCUT2D eigenvalue weighted by atomic mass is 14.3. The smallest absolute Gasteiger partial charge is 0.0685 e. The topological polar surface area (TPSA) is 0 Å². The van der Waals surface area contributed by atoms with Crippen LogP contribution in [-0.2, 0) is 0 Å². The van der Waals surface area contributed by atoms with Gasteiger partial charge in [0.2, 0.25) is 6.71 Å². The molecule has 1 heteroatoms. The van der Waals surface area contributed by atoms with Crippen LogP contribution in [0.4, 0.5) is 0 Å². The van der Waals surface area contributed by atoms with Gasteiger partial charge in [-0.05, 0) is 33.4 Å². The molecule has 0 N–H and O–H groups in total. The van der Waals surface area contributed by atoms with Crippen LogP contribution in [0.3, 0.4) is 0 Å². The van der Waals surface area contributed by atoms with Gasteiger partial charge in [-0.15, -0.1) is 0 Å². The Labute approximate surface area is 208 Å². The molecule has 0 amide bonds. The van der Waals surface area contributed by atoms with E-state index in [0.717, 1.165) is 0 Å². The van der Waals surface area contributed by atoms with Gasteiger partial charge in [0, 0.05) is 0 Å². The van der Waals surface area contributed by atoms with Gasteiger partial charge in [-0.1, -0.05) is 168 Å². The van der Waals surface area contributed by atoms with Crippen molar-refractivity contribution in [3.63, 3.8) is 0 Å². The average Bonchev–Trinajstić information content (AvgIpc) is 3.32. The number of rotatable bonds is 5. The molecule has 0 aromatic heterocycles. The maximum absolute atomic E-state index is 2.27. The lowest BCUT2D eigenvalue weighted by Crippen LogP contribution is -2.32. The van der Waals surface area contributed by atoms with E-state index in [-0.39, 0.29) is 6.71 Å². The lowest BCUT2D eigenvalue weighted by Gasteiger charge is -2.18. The summed E-state index contributed by atoms with van der Waals surface area (Å²) in [5.41, 5.74) is 11.7. The molecule has 164 valence electrons. The van der Waals surface area contributed by atoms with E-state index in [1.165, 1.54) is 49.8 Å². The Morgan fingerprint density at radius 2 is 0.571 bits per heavy atom. The Balaban J connectivity index is 1.77. The molecule has 5 aromatic carbocycles. The summed E-state index contributed by atoms with van der Waals surface area (Å²) in [6.07, 6.45) is 0. The number of hydrogen-bond donors (Lipinski definition) is 0. The van der Waals surface area contributed by atoms with Gasteiger partial charge in [-0.2, -0.15) is 0 Å². The van der Waals surface area contributed by atoms with Crippen molar-refractivity contribution in [3.8, 4) is 0 Å². The molecule has 35 heavy (non-hydrogen) atoms. The molecule has 0 atom stereocenters. The molecule has 0 spiro atoms. The summed E-state index contributed by atoms with van der Waals surface area (Å²) in [5, 5.41) is 0. The second kappa shape index (κ2) is 9.48. The summed E-state index contributed by atoms with van der Waals surface area (Å²) < 4.78 is 0. The second-order valence-corrected chi connectivity index (χ2v) is 8.89. The normalized spacial score (nSPS) is 13.4. The molecule has 1 aliphatic rings. The van der Waals surface area contributed by atoms with Gasteiger partial charge in [0.1, 0.15) is 0 Å². The quantitative estimate of drug-likeness (QED) is 0.244. The monoisotopic (exact) mass is 444 g/mol. The average molecular weight is 444 g/mol. The van der Waals surface area contributed by atoms with Gasteiger partial charge in [-0.25, -0.2) is 0 Å². The van der Waals surface area contributed by atoms with E-state index in [9.17, 15) is 0 Å². The summed E-state index contributed by atoms with van der Waals surface area (Å²) >= 11 is 0. The molecule has 0 saturated heterocycles. The van der Waals surface area contributed by atoms with E-state index in [1.807, 2.05) is 0 Å². The minimum absolute atomic E-state index is 0.117. The third kappa shape index (κ3) is 3.96. The van der Waals surface area contributed by atoms with Crippen LogP contribution in [0.25, 0.3) is 22.1 Å². The number of allylic oxidation sites excluding steroid dienone is 2. The van der Waals surface area contributed by atoms with Gasteiger partial charge in [-0.3, -0.25) is 0 Å². The van der Waals surface area contributed by atoms with Crippen LogP contribution in [0.1, 0.15) is 22.3 Å². The Bertz CT molecular complexity index is 1390. The molecule has 0 unspecified atom stereocenters. The minimum atomic E-state index is 0.117. The van der Waals surface area contributed by atoms with Crippen molar-refractivity contribution in [1.29, 1.82) is 0 Å². The van der Waals surface area contributed by atoms with Crippen molar-refractivity contribution in [1.82, 2.24) is 0 Å². The van der Waals surface area contributed by atoms with Crippen LogP contribution >= 0.6 is 0 Å². The Morgan fingerprint density at radius 1 is 0.286 bits per heavy atom.